The summed E-state index contributed by atoms with van der Waals surface area (Å²) in [6.45, 7) is 1.42. The van der Waals surface area contributed by atoms with Gasteiger partial charge in [0.15, 0.2) is 0 Å². The van der Waals surface area contributed by atoms with E-state index in [1.54, 1.807) is 0 Å². The fourth-order valence-electron chi connectivity index (χ4n) is 1.27. The number of phenols is 1. The molecule has 2 aromatic carbocycles. The van der Waals surface area contributed by atoms with Crippen LogP contribution in [0.3, 0.4) is 0 Å². The summed E-state index contributed by atoms with van der Waals surface area (Å²) in [5.41, 5.74) is 0.153. The zero-order chi connectivity index (χ0) is 13.6. The first-order valence-electron chi connectivity index (χ1n) is 5.19. The summed E-state index contributed by atoms with van der Waals surface area (Å²) < 4.78 is 30.0. The molecule has 0 spiro atoms. The molecular formula is C13H15IO4S. The van der Waals surface area contributed by atoms with Gasteiger partial charge in [-0.05, 0) is 19.1 Å². The van der Waals surface area contributed by atoms with Gasteiger partial charge < -0.3 is 5.11 Å². The summed E-state index contributed by atoms with van der Waals surface area (Å²) in [4.78, 5) is -0.262. The van der Waals surface area contributed by atoms with Crippen LogP contribution in [0.15, 0.2) is 59.5 Å². The number of hydrogen-bond acceptors (Lipinski definition) is 3. The van der Waals surface area contributed by atoms with Crippen LogP contribution in [0.1, 0.15) is 5.56 Å². The lowest BCUT2D eigenvalue weighted by atomic mass is 10.2. The molecule has 0 aliphatic carbocycles. The predicted octanol–water partition coefficient (Wildman–Crippen LogP) is 3.25. The molecule has 0 heterocycles. The average molecular weight is 394 g/mol. The highest BCUT2D eigenvalue weighted by molar-refractivity contribution is 14.0. The van der Waals surface area contributed by atoms with Gasteiger partial charge in [0, 0.05) is 5.56 Å². The van der Waals surface area contributed by atoms with Crippen LogP contribution in [0.5, 0.6) is 5.75 Å². The molecule has 0 unspecified atom stereocenters. The molecule has 0 aliphatic rings. The third-order valence-electron chi connectivity index (χ3n) is 2.20. The number of phenolic OH excluding ortho intramolecular Hbond substituents is 1. The number of hydrogen-bond donors (Lipinski definition) is 2. The lowest BCUT2D eigenvalue weighted by molar-refractivity contribution is 0.461. The van der Waals surface area contributed by atoms with Gasteiger partial charge in [0.1, 0.15) is 10.6 Å². The zero-order valence-electron chi connectivity index (χ0n) is 10.2. The van der Waals surface area contributed by atoms with Crippen LogP contribution in [0, 0.1) is 6.92 Å². The minimum absolute atomic E-state index is 0. The van der Waals surface area contributed by atoms with Gasteiger partial charge in [-0.2, -0.15) is 8.42 Å². The van der Waals surface area contributed by atoms with E-state index in [2.05, 4.69) is 0 Å². The van der Waals surface area contributed by atoms with E-state index in [9.17, 15) is 8.42 Å². The first-order valence-corrected chi connectivity index (χ1v) is 6.63. The number of benzene rings is 2. The van der Waals surface area contributed by atoms with E-state index in [1.807, 2.05) is 36.4 Å². The maximum atomic E-state index is 10.7. The molecule has 0 amide bonds. The van der Waals surface area contributed by atoms with Crippen LogP contribution >= 0.6 is 24.0 Å². The molecular weight excluding hydrogens is 379 g/mol. The van der Waals surface area contributed by atoms with Crippen molar-refractivity contribution in [2.45, 2.75) is 11.8 Å². The van der Waals surface area contributed by atoms with Crippen LogP contribution in [0.2, 0.25) is 0 Å². The monoisotopic (exact) mass is 394 g/mol. The summed E-state index contributed by atoms with van der Waals surface area (Å²) in [6, 6.07) is 15.9. The first kappa shape index (κ1) is 17.9. The minimum atomic E-state index is -4.22. The molecule has 19 heavy (non-hydrogen) atoms. The van der Waals surface area contributed by atoms with Crippen molar-refractivity contribution in [2.24, 2.45) is 0 Å². The summed E-state index contributed by atoms with van der Waals surface area (Å²) >= 11 is 0. The number of rotatable bonds is 1. The van der Waals surface area contributed by atoms with Gasteiger partial charge in [-0.1, -0.05) is 42.5 Å². The van der Waals surface area contributed by atoms with Crippen molar-refractivity contribution in [2.75, 3.05) is 0 Å². The Hall–Kier alpha value is -1.12. The lowest BCUT2D eigenvalue weighted by Crippen LogP contribution is -2.00. The quantitative estimate of drug-likeness (QED) is 0.575. The Balaban J connectivity index is 0.000000392. The Kier molecular flexibility index (Phi) is 7.65. The Morgan fingerprint density at radius 3 is 1.63 bits per heavy atom. The van der Waals surface area contributed by atoms with E-state index in [-0.39, 0.29) is 40.2 Å². The molecule has 0 aromatic heterocycles. The zero-order valence-corrected chi connectivity index (χ0v) is 13.4. The van der Waals surface area contributed by atoms with Crippen LogP contribution in [-0.4, -0.2) is 18.1 Å². The summed E-state index contributed by atoms with van der Waals surface area (Å²) in [7, 11) is -4.22. The molecule has 0 saturated heterocycles. The number of aromatic hydroxyl groups is 1. The van der Waals surface area contributed by atoms with E-state index in [0.717, 1.165) is 0 Å². The molecule has 2 rings (SSSR count). The highest BCUT2D eigenvalue weighted by Gasteiger charge is 2.14. The van der Waals surface area contributed by atoms with Crippen molar-refractivity contribution in [1.82, 2.24) is 0 Å². The van der Waals surface area contributed by atoms with Crippen molar-refractivity contribution < 1.29 is 18.1 Å². The van der Waals surface area contributed by atoms with Crippen LogP contribution in [-0.2, 0) is 10.1 Å². The maximum Gasteiger partial charge on any atom is 0.294 e. The fraction of sp³-hybridized carbons (Fsp3) is 0.0769. The molecule has 0 atom stereocenters. The molecule has 0 bridgehead atoms. The second kappa shape index (κ2) is 8.13. The molecule has 2 aromatic rings. The van der Waals surface area contributed by atoms with Crippen molar-refractivity contribution in [3.05, 3.63) is 60.2 Å². The standard InChI is InChI=1S/C7H8O4S.C6H6.HI/c1-5-6(8)3-2-4-7(5)12(9,10)11;1-2-4-6-5-3-1;/h2-4,8H,1H3,(H,9,10,11);1-6H;1H. The summed E-state index contributed by atoms with van der Waals surface area (Å²) in [5, 5.41) is 9.09. The lowest BCUT2D eigenvalue weighted by Gasteiger charge is -2.02. The summed E-state index contributed by atoms with van der Waals surface area (Å²) in [6.07, 6.45) is 0. The van der Waals surface area contributed by atoms with Gasteiger partial charge in [-0.25, -0.2) is 0 Å². The summed E-state index contributed by atoms with van der Waals surface area (Å²) in [5.74, 6) is -0.148. The van der Waals surface area contributed by atoms with E-state index < -0.39 is 10.1 Å². The molecule has 104 valence electrons. The smallest absolute Gasteiger partial charge is 0.294 e. The highest BCUT2D eigenvalue weighted by atomic mass is 127. The van der Waals surface area contributed by atoms with Gasteiger partial charge >= 0.3 is 0 Å². The largest absolute Gasteiger partial charge is 0.508 e. The van der Waals surface area contributed by atoms with Crippen LogP contribution in [0.4, 0.5) is 0 Å². The molecule has 0 aliphatic heterocycles. The van der Waals surface area contributed by atoms with Gasteiger partial charge in [-0.15, -0.1) is 24.0 Å². The Morgan fingerprint density at radius 1 is 0.895 bits per heavy atom. The molecule has 0 saturated carbocycles. The molecule has 2 N–H and O–H groups in total. The highest BCUT2D eigenvalue weighted by Crippen LogP contribution is 2.22. The predicted molar refractivity (Wildman–Crippen MR) is 84.5 cm³/mol. The SMILES string of the molecule is Cc1c(O)cccc1S(=O)(=O)O.I.c1ccccc1. The third kappa shape index (κ3) is 6.04. The van der Waals surface area contributed by atoms with E-state index >= 15 is 0 Å². The second-order valence-corrected chi connectivity index (χ2v) is 4.92. The van der Waals surface area contributed by atoms with Crippen molar-refractivity contribution in [3.63, 3.8) is 0 Å². The van der Waals surface area contributed by atoms with Gasteiger partial charge in [-0.3, -0.25) is 4.55 Å². The van der Waals surface area contributed by atoms with E-state index in [0.29, 0.717) is 0 Å². The van der Waals surface area contributed by atoms with E-state index in [1.165, 1.54) is 25.1 Å². The Labute approximate surface area is 129 Å². The maximum absolute atomic E-state index is 10.7. The van der Waals surface area contributed by atoms with E-state index in [4.69, 9.17) is 9.66 Å². The fourth-order valence-corrected chi connectivity index (χ4v) is 2.01. The van der Waals surface area contributed by atoms with Crippen molar-refractivity contribution >= 4 is 34.1 Å². The first-order chi connectivity index (χ1) is 8.43. The minimum Gasteiger partial charge on any atom is -0.508 e. The normalized spacial score (nSPS) is 9.79. The van der Waals surface area contributed by atoms with Gasteiger partial charge in [0.25, 0.3) is 10.1 Å². The molecule has 4 nitrogen and oxygen atoms in total. The van der Waals surface area contributed by atoms with Crippen LogP contribution < -0.4 is 0 Å². The molecule has 0 radical (unpaired) electrons. The van der Waals surface area contributed by atoms with Crippen molar-refractivity contribution in [1.29, 1.82) is 0 Å². The Bertz CT molecular complexity index is 571. The molecule has 6 heteroatoms. The van der Waals surface area contributed by atoms with Crippen molar-refractivity contribution in [3.8, 4) is 5.75 Å². The van der Waals surface area contributed by atoms with Crippen LogP contribution in [0.25, 0.3) is 0 Å². The molecule has 0 fully saturated rings. The topological polar surface area (TPSA) is 74.6 Å². The van der Waals surface area contributed by atoms with Gasteiger partial charge in [0.05, 0.1) is 0 Å². The number of halogens is 1. The van der Waals surface area contributed by atoms with Gasteiger partial charge in [0.2, 0.25) is 0 Å². The third-order valence-corrected chi connectivity index (χ3v) is 3.20. The Morgan fingerprint density at radius 2 is 1.32 bits per heavy atom. The average Bonchev–Trinajstić information content (AvgIpc) is 2.34. The second-order valence-electron chi connectivity index (χ2n) is 3.53.